The van der Waals surface area contributed by atoms with E-state index in [4.69, 9.17) is 0 Å². The van der Waals surface area contributed by atoms with E-state index in [1.807, 2.05) is 43.5 Å². The number of nitrogens with one attached hydrogen (secondary N) is 2. The number of benzene rings is 1. The number of hydrogen-bond donors (Lipinski definition) is 3. The molecule has 1 aliphatic carbocycles. The van der Waals surface area contributed by atoms with Gasteiger partial charge in [-0.2, -0.15) is 5.10 Å². The first kappa shape index (κ1) is 16.5. The van der Waals surface area contributed by atoms with E-state index < -0.39 is 5.54 Å². The Morgan fingerprint density at radius 1 is 1.33 bits per heavy atom. The second-order valence-corrected chi connectivity index (χ2v) is 6.51. The highest BCUT2D eigenvalue weighted by molar-refractivity contribution is 5.75. The van der Waals surface area contributed by atoms with Crippen LogP contribution in [-0.4, -0.2) is 33.1 Å². The van der Waals surface area contributed by atoms with Gasteiger partial charge in [0.1, 0.15) is 0 Å². The number of nitrogens with zero attached hydrogens (tertiary/aromatic N) is 2. The third-order valence-corrected chi connectivity index (χ3v) is 4.75. The summed E-state index contributed by atoms with van der Waals surface area (Å²) in [5.41, 5.74) is 1.55. The van der Waals surface area contributed by atoms with Gasteiger partial charge in [-0.1, -0.05) is 25.0 Å². The van der Waals surface area contributed by atoms with Crippen molar-refractivity contribution in [3.05, 3.63) is 48.3 Å². The molecule has 6 heteroatoms. The number of aromatic nitrogens is 2. The third-order valence-electron chi connectivity index (χ3n) is 4.75. The summed E-state index contributed by atoms with van der Waals surface area (Å²) in [5, 5.41) is 19.7. The van der Waals surface area contributed by atoms with Crippen LogP contribution in [0.25, 0.3) is 5.69 Å². The lowest BCUT2D eigenvalue weighted by Crippen LogP contribution is -2.53. The van der Waals surface area contributed by atoms with Gasteiger partial charge in [0.2, 0.25) is 0 Å². The van der Waals surface area contributed by atoms with Gasteiger partial charge in [0.25, 0.3) is 0 Å². The Morgan fingerprint density at radius 2 is 2.04 bits per heavy atom. The zero-order valence-electron chi connectivity index (χ0n) is 13.9. The zero-order chi connectivity index (χ0) is 17.0. The average molecular weight is 328 g/mol. The third kappa shape index (κ3) is 3.59. The molecule has 3 rings (SSSR count). The minimum Gasteiger partial charge on any atom is -0.394 e. The SMILES string of the molecule is CC(NC(=O)NC1(CO)CCCC1)c1ccc(-n2cccn2)cc1. The summed E-state index contributed by atoms with van der Waals surface area (Å²) < 4.78 is 1.79. The lowest BCUT2D eigenvalue weighted by atomic mass is 9.99. The summed E-state index contributed by atoms with van der Waals surface area (Å²) in [7, 11) is 0. The fourth-order valence-corrected chi connectivity index (χ4v) is 3.27. The molecule has 3 N–H and O–H groups in total. The number of carbonyl (C=O) groups excluding carboxylic acids is 1. The van der Waals surface area contributed by atoms with Crippen molar-refractivity contribution < 1.29 is 9.90 Å². The van der Waals surface area contributed by atoms with E-state index in [9.17, 15) is 9.90 Å². The van der Waals surface area contributed by atoms with Crippen molar-refractivity contribution in [3.8, 4) is 5.69 Å². The van der Waals surface area contributed by atoms with E-state index in [0.29, 0.717) is 0 Å². The van der Waals surface area contributed by atoms with Crippen molar-refractivity contribution in [1.82, 2.24) is 20.4 Å². The zero-order valence-corrected chi connectivity index (χ0v) is 13.9. The second kappa shape index (κ2) is 7.05. The molecule has 6 nitrogen and oxygen atoms in total. The first-order valence-corrected chi connectivity index (χ1v) is 8.41. The number of carbonyl (C=O) groups is 1. The Kier molecular flexibility index (Phi) is 4.85. The molecule has 2 amide bonds. The van der Waals surface area contributed by atoms with Gasteiger partial charge in [-0.15, -0.1) is 0 Å². The number of urea groups is 1. The summed E-state index contributed by atoms with van der Waals surface area (Å²) in [6.45, 7) is 1.94. The summed E-state index contributed by atoms with van der Waals surface area (Å²) in [6.07, 6.45) is 7.40. The van der Waals surface area contributed by atoms with E-state index in [2.05, 4.69) is 15.7 Å². The molecule has 0 spiro atoms. The van der Waals surface area contributed by atoms with Crippen molar-refractivity contribution >= 4 is 6.03 Å². The van der Waals surface area contributed by atoms with Crippen LogP contribution in [0.5, 0.6) is 0 Å². The van der Waals surface area contributed by atoms with Crippen LogP contribution in [0.2, 0.25) is 0 Å². The lowest BCUT2D eigenvalue weighted by Gasteiger charge is -2.29. The number of aliphatic hydroxyl groups excluding tert-OH is 1. The highest BCUT2D eigenvalue weighted by Gasteiger charge is 2.34. The molecule has 1 saturated carbocycles. The first-order chi connectivity index (χ1) is 11.6. The standard InChI is InChI=1S/C18H24N4O2/c1-14(20-17(24)21-18(13-23)9-2-3-10-18)15-5-7-16(8-6-15)22-12-4-11-19-22/h4-8,11-12,14,23H,2-3,9-10,13H2,1H3,(H2,20,21,24). The van der Waals surface area contributed by atoms with Gasteiger partial charge in [-0.3, -0.25) is 0 Å². The van der Waals surface area contributed by atoms with Crippen LogP contribution in [0.15, 0.2) is 42.7 Å². The smallest absolute Gasteiger partial charge is 0.315 e. The van der Waals surface area contributed by atoms with Gasteiger partial charge in [-0.25, -0.2) is 9.48 Å². The molecule has 1 aromatic heterocycles. The van der Waals surface area contributed by atoms with Crippen molar-refractivity contribution in [2.45, 2.75) is 44.2 Å². The van der Waals surface area contributed by atoms with Crippen LogP contribution in [0.1, 0.15) is 44.2 Å². The quantitative estimate of drug-likeness (QED) is 0.789. The number of amides is 2. The van der Waals surface area contributed by atoms with Gasteiger partial charge >= 0.3 is 6.03 Å². The Labute approximate surface area is 141 Å². The fourth-order valence-electron chi connectivity index (χ4n) is 3.27. The molecular weight excluding hydrogens is 304 g/mol. The molecule has 0 aliphatic heterocycles. The van der Waals surface area contributed by atoms with E-state index in [1.54, 1.807) is 10.9 Å². The number of aliphatic hydroxyl groups is 1. The van der Waals surface area contributed by atoms with Gasteiger partial charge in [0.15, 0.2) is 0 Å². The normalized spacial score (nSPS) is 17.4. The molecule has 0 saturated heterocycles. The molecule has 1 unspecified atom stereocenters. The average Bonchev–Trinajstić information content (AvgIpc) is 3.27. The van der Waals surface area contributed by atoms with E-state index >= 15 is 0 Å². The van der Waals surface area contributed by atoms with E-state index in [0.717, 1.165) is 36.9 Å². The minimum absolute atomic E-state index is 0.00658. The molecule has 1 heterocycles. The fraction of sp³-hybridized carbons (Fsp3) is 0.444. The van der Waals surface area contributed by atoms with Gasteiger partial charge in [0.05, 0.1) is 23.9 Å². The van der Waals surface area contributed by atoms with Gasteiger partial charge in [0, 0.05) is 12.4 Å². The van der Waals surface area contributed by atoms with Crippen molar-refractivity contribution in [1.29, 1.82) is 0 Å². The Balaban J connectivity index is 1.60. The Hall–Kier alpha value is -2.34. The molecule has 2 aromatic rings. The van der Waals surface area contributed by atoms with Crippen LogP contribution in [0.3, 0.4) is 0 Å². The van der Waals surface area contributed by atoms with Crippen LogP contribution in [-0.2, 0) is 0 Å². The summed E-state index contributed by atoms with van der Waals surface area (Å²) in [6, 6.07) is 9.46. The monoisotopic (exact) mass is 328 g/mol. The highest BCUT2D eigenvalue weighted by atomic mass is 16.3. The van der Waals surface area contributed by atoms with Crippen LogP contribution >= 0.6 is 0 Å². The van der Waals surface area contributed by atoms with Crippen molar-refractivity contribution in [2.75, 3.05) is 6.61 Å². The minimum atomic E-state index is -0.451. The molecular formula is C18H24N4O2. The van der Waals surface area contributed by atoms with Gasteiger partial charge in [-0.05, 0) is 43.5 Å². The predicted molar refractivity (Wildman–Crippen MR) is 91.9 cm³/mol. The van der Waals surface area contributed by atoms with Crippen molar-refractivity contribution in [2.24, 2.45) is 0 Å². The maximum absolute atomic E-state index is 12.3. The number of hydrogen-bond acceptors (Lipinski definition) is 3. The van der Waals surface area contributed by atoms with E-state index in [-0.39, 0.29) is 18.7 Å². The predicted octanol–water partition coefficient (Wildman–Crippen LogP) is 2.54. The van der Waals surface area contributed by atoms with Crippen LogP contribution < -0.4 is 10.6 Å². The Morgan fingerprint density at radius 3 is 2.62 bits per heavy atom. The maximum Gasteiger partial charge on any atom is 0.315 e. The number of rotatable bonds is 5. The molecule has 1 aromatic carbocycles. The lowest BCUT2D eigenvalue weighted by molar-refractivity contribution is 0.162. The van der Waals surface area contributed by atoms with E-state index in [1.165, 1.54) is 0 Å². The molecule has 1 atom stereocenters. The topological polar surface area (TPSA) is 79.2 Å². The summed E-state index contributed by atoms with van der Waals surface area (Å²) >= 11 is 0. The van der Waals surface area contributed by atoms with Gasteiger partial charge < -0.3 is 15.7 Å². The molecule has 0 bridgehead atoms. The largest absolute Gasteiger partial charge is 0.394 e. The molecule has 128 valence electrons. The summed E-state index contributed by atoms with van der Waals surface area (Å²) in [4.78, 5) is 12.3. The highest BCUT2D eigenvalue weighted by Crippen LogP contribution is 2.29. The molecule has 24 heavy (non-hydrogen) atoms. The molecule has 1 aliphatic rings. The van der Waals surface area contributed by atoms with Crippen molar-refractivity contribution in [3.63, 3.8) is 0 Å². The molecule has 1 fully saturated rings. The first-order valence-electron chi connectivity index (χ1n) is 8.41. The summed E-state index contributed by atoms with van der Waals surface area (Å²) in [5.74, 6) is 0. The Bertz CT molecular complexity index is 661. The maximum atomic E-state index is 12.3. The molecule has 0 radical (unpaired) electrons. The van der Waals surface area contributed by atoms with Crippen LogP contribution in [0, 0.1) is 0 Å². The van der Waals surface area contributed by atoms with Crippen LogP contribution in [0.4, 0.5) is 4.79 Å². The second-order valence-electron chi connectivity index (χ2n) is 6.51.